The molecular formula is C24H29FN3O10P. The molecule has 3 rings (SSSR count). The van der Waals surface area contributed by atoms with E-state index in [1.54, 1.807) is 19.9 Å². The third-order valence-corrected chi connectivity index (χ3v) is 7.12. The number of benzene rings is 1. The second kappa shape index (κ2) is 12.7. The number of rotatable bonds is 10. The number of para-hydroxylation sites is 1. The lowest BCUT2D eigenvalue weighted by Gasteiger charge is -2.26. The fraction of sp³-hybridized carbons (Fsp3) is 0.500. The van der Waals surface area contributed by atoms with Crippen molar-refractivity contribution < 1.29 is 45.2 Å². The number of carbonyl (C=O) groups is 1. The SMILES string of the molecule is [2H]C([2H])(O[P@@](=O)(C[C@@H](C)C(=O)OC(C)C)Oc1ccccc1)[C@H]1O[C@@H](n2ncc(=O)[nH]c2=O)C(O)(C#CCF)[C@H]1O. The Kier molecular flexibility index (Phi) is 8.85. The highest BCUT2D eigenvalue weighted by atomic mass is 31.2. The molecule has 212 valence electrons. The van der Waals surface area contributed by atoms with E-state index in [0.717, 1.165) is 0 Å². The number of carbonyl (C=O) groups excluding carboxylic acids is 1. The number of aliphatic hydroxyl groups excluding tert-OH is 1. The number of halogens is 1. The lowest BCUT2D eigenvalue weighted by molar-refractivity contribution is -0.151. The molecule has 6 atom stereocenters. The fourth-order valence-corrected chi connectivity index (χ4v) is 5.21. The predicted molar refractivity (Wildman–Crippen MR) is 134 cm³/mol. The maximum absolute atomic E-state index is 14.0. The summed E-state index contributed by atoms with van der Waals surface area (Å²) in [6.45, 7) is 0.00181. The Morgan fingerprint density at radius 1 is 1.36 bits per heavy atom. The number of aliphatic hydroxyl groups is 2. The fourth-order valence-electron chi connectivity index (χ4n) is 3.50. The van der Waals surface area contributed by atoms with Crippen LogP contribution >= 0.6 is 7.60 Å². The van der Waals surface area contributed by atoms with Crippen LogP contribution in [0.25, 0.3) is 0 Å². The maximum atomic E-state index is 14.0. The highest BCUT2D eigenvalue weighted by Gasteiger charge is 2.57. The van der Waals surface area contributed by atoms with Crippen molar-refractivity contribution in [2.24, 2.45) is 5.92 Å². The summed E-state index contributed by atoms with van der Waals surface area (Å²) in [5.74, 6) is 2.00. The standard InChI is InChI=1S/C24H29FN3O10P/c1-15(2)36-21(31)16(3)14-39(34,38-17-8-5-4-6-9-17)35-13-18-20(30)24(33,10-7-11-25)22(37-18)28-23(32)27-19(29)12-26-28/h4-6,8-9,12,15-16,18,20,22,30,33H,11,13-14H2,1-3H3,(H,27,29,32)/t16-,18-,20+,22-,24?,39+/m1/s1/i13D2. The second-order valence-corrected chi connectivity index (χ2v) is 10.7. The van der Waals surface area contributed by atoms with Crippen molar-refractivity contribution in [2.75, 3.05) is 19.4 Å². The van der Waals surface area contributed by atoms with Gasteiger partial charge in [-0.25, -0.2) is 13.8 Å². The average Bonchev–Trinajstić information content (AvgIpc) is 3.13. The van der Waals surface area contributed by atoms with Crippen LogP contribution in [0.15, 0.2) is 46.1 Å². The van der Waals surface area contributed by atoms with Crippen molar-refractivity contribution in [1.29, 1.82) is 0 Å². The first-order valence-electron chi connectivity index (χ1n) is 12.7. The van der Waals surface area contributed by atoms with Gasteiger partial charge in [0.15, 0.2) is 6.23 Å². The summed E-state index contributed by atoms with van der Waals surface area (Å²) in [6, 6.07) is 7.52. The minimum absolute atomic E-state index is 0.00358. The van der Waals surface area contributed by atoms with Gasteiger partial charge in [0.1, 0.15) is 30.8 Å². The van der Waals surface area contributed by atoms with Gasteiger partial charge in [0.2, 0.25) is 5.60 Å². The normalized spacial score (nSPS) is 26.0. The molecule has 0 saturated carbocycles. The van der Waals surface area contributed by atoms with Gasteiger partial charge in [-0.2, -0.15) is 9.78 Å². The Labute approximate surface area is 225 Å². The summed E-state index contributed by atoms with van der Waals surface area (Å²) in [6.07, 6.45) is -7.21. The zero-order valence-electron chi connectivity index (χ0n) is 23.1. The lowest BCUT2D eigenvalue weighted by atomic mass is 9.95. The van der Waals surface area contributed by atoms with Gasteiger partial charge in [-0.3, -0.25) is 19.1 Å². The Morgan fingerprint density at radius 2 is 2.05 bits per heavy atom. The molecule has 39 heavy (non-hydrogen) atoms. The molecule has 0 radical (unpaired) electrons. The molecular weight excluding hydrogens is 540 g/mol. The molecule has 15 heteroatoms. The number of nitrogens with zero attached hydrogens (tertiary/aromatic N) is 2. The first-order chi connectivity index (χ1) is 19.1. The first kappa shape index (κ1) is 27.2. The van der Waals surface area contributed by atoms with Gasteiger partial charge in [-0.15, -0.1) is 0 Å². The summed E-state index contributed by atoms with van der Waals surface area (Å²) in [7, 11) is -4.64. The number of hydrogen-bond acceptors (Lipinski definition) is 11. The molecule has 1 fully saturated rings. The van der Waals surface area contributed by atoms with Crippen molar-refractivity contribution in [3.05, 3.63) is 57.4 Å². The average molecular weight is 571 g/mol. The Balaban J connectivity index is 2.01. The van der Waals surface area contributed by atoms with E-state index in [2.05, 4.69) is 5.10 Å². The highest BCUT2D eigenvalue weighted by Crippen LogP contribution is 2.51. The van der Waals surface area contributed by atoms with Crippen LogP contribution in [0.3, 0.4) is 0 Å². The van der Waals surface area contributed by atoms with Crippen LogP contribution < -0.4 is 15.8 Å². The third-order valence-electron chi connectivity index (χ3n) is 5.25. The Hall–Kier alpha value is -3.34. The number of hydrogen-bond donors (Lipinski definition) is 3. The van der Waals surface area contributed by atoms with E-state index in [0.29, 0.717) is 10.9 Å². The van der Waals surface area contributed by atoms with Gasteiger partial charge in [0.05, 0.1) is 27.5 Å². The predicted octanol–water partition coefficient (Wildman–Crippen LogP) is 0.770. The molecule has 13 nitrogen and oxygen atoms in total. The van der Waals surface area contributed by atoms with Crippen LogP contribution in [-0.2, 0) is 23.4 Å². The molecule has 2 heterocycles. The number of H-pyrrole nitrogens is 1. The molecule has 3 N–H and O–H groups in total. The quantitative estimate of drug-likeness (QED) is 0.208. The molecule has 0 spiro atoms. The molecule has 1 aromatic heterocycles. The molecule has 1 aromatic carbocycles. The lowest BCUT2D eigenvalue weighted by Crippen LogP contribution is -2.49. The number of aromatic nitrogens is 3. The van der Waals surface area contributed by atoms with E-state index >= 15 is 0 Å². The molecule has 0 aliphatic carbocycles. The Bertz CT molecular complexity index is 1460. The summed E-state index contributed by atoms with van der Waals surface area (Å²) in [5.41, 5.74) is -5.00. The number of alkyl halides is 1. The van der Waals surface area contributed by atoms with E-state index in [9.17, 15) is 33.6 Å². The van der Waals surface area contributed by atoms with Crippen LogP contribution in [0.4, 0.5) is 4.39 Å². The zero-order valence-corrected chi connectivity index (χ0v) is 22.0. The molecule has 0 amide bonds. The summed E-state index contributed by atoms with van der Waals surface area (Å²) >= 11 is 0. The number of aromatic amines is 1. The molecule has 1 saturated heterocycles. The van der Waals surface area contributed by atoms with Crippen LogP contribution in [0.2, 0.25) is 0 Å². The largest absolute Gasteiger partial charge is 0.463 e. The van der Waals surface area contributed by atoms with Gasteiger partial charge in [0.25, 0.3) is 5.56 Å². The van der Waals surface area contributed by atoms with E-state index in [1.807, 2.05) is 16.8 Å². The molecule has 0 bridgehead atoms. The van der Waals surface area contributed by atoms with Crippen molar-refractivity contribution in [2.45, 2.75) is 50.9 Å². The number of ether oxygens (including phenoxy) is 2. The van der Waals surface area contributed by atoms with Crippen molar-refractivity contribution in [3.8, 4) is 17.6 Å². The van der Waals surface area contributed by atoms with Crippen LogP contribution in [0.5, 0.6) is 5.75 Å². The third kappa shape index (κ3) is 7.40. The van der Waals surface area contributed by atoms with Gasteiger partial charge in [-0.05, 0) is 26.0 Å². The topological polar surface area (TPSA) is 179 Å². The van der Waals surface area contributed by atoms with Crippen LogP contribution in [-0.4, -0.2) is 74.3 Å². The summed E-state index contributed by atoms with van der Waals surface area (Å²) in [4.78, 5) is 38.1. The molecule has 1 unspecified atom stereocenters. The second-order valence-electron chi connectivity index (χ2n) is 8.79. The minimum Gasteiger partial charge on any atom is -0.463 e. The van der Waals surface area contributed by atoms with Gasteiger partial charge in [-0.1, -0.05) is 37.0 Å². The number of nitrogens with one attached hydrogen (secondary N) is 1. The maximum Gasteiger partial charge on any atom is 0.380 e. The van der Waals surface area contributed by atoms with Gasteiger partial charge >= 0.3 is 19.3 Å². The van der Waals surface area contributed by atoms with E-state index < -0.39 is 80.3 Å². The van der Waals surface area contributed by atoms with Crippen LogP contribution in [0.1, 0.15) is 29.7 Å². The van der Waals surface area contributed by atoms with Crippen molar-refractivity contribution in [1.82, 2.24) is 14.8 Å². The smallest absolute Gasteiger partial charge is 0.380 e. The summed E-state index contributed by atoms with van der Waals surface area (Å²) < 4.78 is 65.7. The molecule has 1 aliphatic heterocycles. The van der Waals surface area contributed by atoms with Crippen molar-refractivity contribution in [3.63, 3.8) is 0 Å². The van der Waals surface area contributed by atoms with Crippen molar-refractivity contribution >= 4 is 13.6 Å². The van der Waals surface area contributed by atoms with E-state index in [4.69, 9.17) is 21.3 Å². The van der Waals surface area contributed by atoms with E-state index in [1.165, 1.54) is 31.2 Å². The van der Waals surface area contributed by atoms with Gasteiger partial charge in [0, 0.05) is 0 Å². The number of esters is 1. The zero-order chi connectivity index (χ0) is 30.6. The minimum atomic E-state index is -4.64. The van der Waals surface area contributed by atoms with Crippen LogP contribution in [0, 0.1) is 17.8 Å². The highest BCUT2D eigenvalue weighted by molar-refractivity contribution is 7.54. The monoisotopic (exact) mass is 571 g/mol. The summed E-state index contributed by atoms with van der Waals surface area (Å²) in [5, 5.41) is 25.7. The first-order valence-corrected chi connectivity index (χ1v) is 13.4. The van der Waals surface area contributed by atoms with Gasteiger partial charge < -0.3 is 24.2 Å². The molecule has 1 aliphatic rings. The molecule has 2 aromatic rings. The van der Waals surface area contributed by atoms with E-state index in [-0.39, 0.29) is 5.75 Å². The Morgan fingerprint density at radius 3 is 2.67 bits per heavy atom.